The van der Waals surface area contributed by atoms with Gasteiger partial charge in [-0.25, -0.2) is 0 Å². The van der Waals surface area contributed by atoms with Gasteiger partial charge in [-0.05, 0) is 33.3 Å². The molecular formula is C19H28N4O2. The largest absolute Gasteiger partial charge is 0.462 e. The Morgan fingerprint density at radius 2 is 2.12 bits per heavy atom. The zero-order valence-corrected chi connectivity index (χ0v) is 15.4. The first-order chi connectivity index (χ1) is 11.8. The van der Waals surface area contributed by atoms with Crippen molar-refractivity contribution in [2.75, 3.05) is 18.8 Å². The topological polar surface area (TPSA) is 82.2 Å². The summed E-state index contributed by atoms with van der Waals surface area (Å²) in [6.45, 7) is 10.1. The Morgan fingerprint density at radius 3 is 2.52 bits per heavy atom. The van der Waals surface area contributed by atoms with Gasteiger partial charge in [0.05, 0.1) is 17.9 Å². The molecule has 6 nitrogen and oxygen atoms in total. The van der Waals surface area contributed by atoms with Crippen LogP contribution < -0.4 is 11.1 Å². The van der Waals surface area contributed by atoms with Crippen LogP contribution >= 0.6 is 0 Å². The lowest BCUT2D eigenvalue weighted by Crippen LogP contribution is -2.47. The lowest BCUT2D eigenvalue weighted by Gasteiger charge is -2.35. The molecule has 0 radical (unpaired) electrons. The molecule has 25 heavy (non-hydrogen) atoms. The Morgan fingerprint density at radius 1 is 1.40 bits per heavy atom. The monoisotopic (exact) mass is 344 g/mol. The van der Waals surface area contributed by atoms with E-state index in [-0.39, 0.29) is 11.6 Å². The number of hydrogen-bond donors (Lipinski definition) is 2. The van der Waals surface area contributed by atoms with Crippen molar-refractivity contribution >= 4 is 12.2 Å². The molecule has 1 unspecified atom stereocenters. The molecular weight excluding hydrogens is 316 g/mol. The molecule has 0 saturated carbocycles. The highest BCUT2D eigenvalue weighted by molar-refractivity contribution is 5.37. The van der Waals surface area contributed by atoms with Crippen molar-refractivity contribution in [2.24, 2.45) is 5.92 Å². The molecule has 0 spiro atoms. The van der Waals surface area contributed by atoms with E-state index in [2.05, 4.69) is 46.3 Å². The third-order valence-corrected chi connectivity index (χ3v) is 3.95. The molecule has 3 rings (SSSR count). The molecule has 1 fully saturated rings. The number of anilines is 1. The molecule has 1 saturated heterocycles. The number of nitrogens with zero attached hydrogens (tertiary/aromatic N) is 2. The maximum Gasteiger partial charge on any atom is 0.293 e. The predicted octanol–water partition coefficient (Wildman–Crippen LogP) is 2.54. The first-order valence-electron chi connectivity index (χ1n) is 8.48. The molecule has 0 bridgehead atoms. The fraction of sp³-hybridized carbons (Fsp3) is 0.474. The van der Waals surface area contributed by atoms with Gasteiger partial charge in [-0.1, -0.05) is 29.8 Å². The van der Waals surface area contributed by atoms with Gasteiger partial charge in [0, 0.05) is 25.2 Å². The van der Waals surface area contributed by atoms with Gasteiger partial charge in [0.1, 0.15) is 5.60 Å². The van der Waals surface area contributed by atoms with Crippen molar-refractivity contribution in [3.05, 3.63) is 47.8 Å². The van der Waals surface area contributed by atoms with Crippen molar-refractivity contribution in [1.29, 1.82) is 0 Å². The summed E-state index contributed by atoms with van der Waals surface area (Å²) in [7, 11) is 0. The summed E-state index contributed by atoms with van der Waals surface area (Å²) in [6.07, 6.45) is 3.64. The average molecular weight is 344 g/mol. The summed E-state index contributed by atoms with van der Waals surface area (Å²) in [5.74, 6) is 0.589. The summed E-state index contributed by atoms with van der Waals surface area (Å²) in [6, 6.07) is 8.92. The van der Waals surface area contributed by atoms with Crippen LogP contribution in [0.25, 0.3) is 0 Å². The minimum atomic E-state index is -0.318. The Kier molecular flexibility index (Phi) is 6.20. The van der Waals surface area contributed by atoms with Crippen LogP contribution in [0, 0.1) is 12.8 Å². The van der Waals surface area contributed by atoms with Gasteiger partial charge < -0.3 is 15.8 Å². The van der Waals surface area contributed by atoms with Crippen molar-refractivity contribution < 1.29 is 9.53 Å². The average Bonchev–Trinajstić information content (AvgIpc) is 2.88. The van der Waals surface area contributed by atoms with Gasteiger partial charge in [-0.3, -0.25) is 9.48 Å². The van der Waals surface area contributed by atoms with E-state index in [9.17, 15) is 4.79 Å². The number of nitrogens with one attached hydrogen (secondary N) is 1. The Balaban J connectivity index is 0.000000277. The number of rotatable bonds is 4. The molecule has 1 aromatic carbocycles. The van der Waals surface area contributed by atoms with Crippen LogP contribution in [0.1, 0.15) is 37.9 Å². The quantitative estimate of drug-likeness (QED) is 0.833. The standard InChI is InChI=1S/C14H18N4.C5H10O2/c1-10-3-2-4-11(5-10)14(12-6-16-7-12)18-9-13(15)8-17-18;1-5(2,3)7-4-6/h2-5,8-9,12,14,16H,6-7,15H2,1H3;4H,1-3H3. The van der Waals surface area contributed by atoms with Gasteiger partial charge in [0.15, 0.2) is 0 Å². The normalized spacial score (nSPS) is 15.5. The number of carbonyl (C=O) groups is 1. The highest BCUT2D eigenvalue weighted by Crippen LogP contribution is 2.29. The number of benzene rings is 1. The smallest absolute Gasteiger partial charge is 0.293 e. The number of hydrogen-bond acceptors (Lipinski definition) is 5. The third-order valence-electron chi connectivity index (χ3n) is 3.95. The van der Waals surface area contributed by atoms with Gasteiger partial charge >= 0.3 is 0 Å². The molecule has 1 aliphatic rings. The summed E-state index contributed by atoms with van der Waals surface area (Å²) < 4.78 is 6.54. The van der Waals surface area contributed by atoms with E-state index in [1.807, 2.05) is 31.6 Å². The first-order valence-corrected chi connectivity index (χ1v) is 8.48. The third kappa shape index (κ3) is 5.60. The van der Waals surface area contributed by atoms with Crippen molar-refractivity contribution in [2.45, 2.75) is 39.3 Å². The highest BCUT2D eigenvalue weighted by Gasteiger charge is 2.30. The van der Waals surface area contributed by atoms with Gasteiger partial charge in [-0.15, -0.1) is 0 Å². The second kappa shape index (κ2) is 8.16. The lowest BCUT2D eigenvalue weighted by molar-refractivity contribution is -0.138. The van der Waals surface area contributed by atoms with E-state index in [1.54, 1.807) is 6.20 Å². The fourth-order valence-electron chi connectivity index (χ4n) is 2.68. The molecule has 0 aliphatic carbocycles. The molecule has 136 valence electrons. The first kappa shape index (κ1) is 19.0. The van der Waals surface area contributed by atoms with Crippen LogP contribution in [-0.2, 0) is 9.53 Å². The number of aromatic nitrogens is 2. The lowest BCUT2D eigenvalue weighted by atomic mass is 9.88. The van der Waals surface area contributed by atoms with Crippen molar-refractivity contribution in [3.8, 4) is 0 Å². The number of ether oxygens (including phenoxy) is 1. The summed E-state index contributed by atoms with van der Waals surface area (Å²) >= 11 is 0. The predicted molar refractivity (Wildman–Crippen MR) is 99.2 cm³/mol. The highest BCUT2D eigenvalue weighted by atomic mass is 16.5. The van der Waals surface area contributed by atoms with Gasteiger partial charge in [0.2, 0.25) is 0 Å². The van der Waals surface area contributed by atoms with Crippen molar-refractivity contribution in [1.82, 2.24) is 15.1 Å². The Bertz CT molecular complexity index is 687. The van der Waals surface area contributed by atoms with Gasteiger partial charge in [0.25, 0.3) is 6.47 Å². The van der Waals surface area contributed by atoms with Crippen molar-refractivity contribution in [3.63, 3.8) is 0 Å². The van der Waals surface area contributed by atoms with E-state index in [1.165, 1.54) is 11.1 Å². The molecule has 3 N–H and O–H groups in total. The molecule has 0 amide bonds. The summed E-state index contributed by atoms with van der Waals surface area (Å²) in [4.78, 5) is 9.60. The zero-order valence-electron chi connectivity index (χ0n) is 15.4. The van der Waals surface area contributed by atoms with Crippen LogP contribution in [0.4, 0.5) is 5.69 Å². The van der Waals surface area contributed by atoms with Gasteiger partial charge in [-0.2, -0.15) is 5.10 Å². The molecule has 1 aromatic heterocycles. The number of nitrogen functional groups attached to an aromatic ring is 1. The van der Waals surface area contributed by atoms with Crippen LogP contribution in [0.15, 0.2) is 36.7 Å². The van der Waals surface area contributed by atoms with E-state index >= 15 is 0 Å². The number of nitrogens with two attached hydrogens (primary N) is 1. The number of carbonyl (C=O) groups excluding carboxylic acids is 1. The Labute approximate surface area is 149 Å². The molecule has 1 aliphatic heterocycles. The van der Waals surface area contributed by atoms with E-state index in [4.69, 9.17) is 5.73 Å². The van der Waals surface area contributed by atoms with Crippen LogP contribution in [0.2, 0.25) is 0 Å². The van der Waals surface area contributed by atoms with E-state index in [0.717, 1.165) is 18.8 Å². The van der Waals surface area contributed by atoms with Crippen LogP contribution in [0.5, 0.6) is 0 Å². The minimum Gasteiger partial charge on any atom is -0.462 e. The summed E-state index contributed by atoms with van der Waals surface area (Å²) in [5, 5.41) is 7.72. The second-order valence-corrected chi connectivity index (χ2v) is 7.36. The SMILES string of the molecule is CC(C)(C)OC=O.Cc1cccc(C(C2CNC2)n2cc(N)cn2)c1. The fourth-order valence-corrected chi connectivity index (χ4v) is 2.68. The van der Waals surface area contributed by atoms with Crippen LogP contribution in [-0.4, -0.2) is 34.9 Å². The van der Waals surface area contributed by atoms with Crippen LogP contribution in [0.3, 0.4) is 0 Å². The minimum absolute atomic E-state index is 0.281. The maximum atomic E-state index is 9.60. The summed E-state index contributed by atoms with van der Waals surface area (Å²) in [5.41, 5.74) is 8.78. The molecule has 6 heteroatoms. The van der Waals surface area contributed by atoms with E-state index < -0.39 is 0 Å². The molecule has 2 aromatic rings. The zero-order chi connectivity index (χ0) is 18.4. The maximum absolute atomic E-state index is 9.60. The Hall–Kier alpha value is -2.34. The molecule has 2 heterocycles. The second-order valence-electron chi connectivity index (χ2n) is 7.36. The molecule has 1 atom stereocenters. The number of aryl methyl sites for hydroxylation is 1. The van der Waals surface area contributed by atoms with E-state index in [0.29, 0.717) is 12.4 Å².